The van der Waals surface area contributed by atoms with Crippen molar-refractivity contribution in [1.82, 2.24) is 30.9 Å². The van der Waals surface area contributed by atoms with Crippen LogP contribution in [-0.4, -0.2) is 84.3 Å². The summed E-state index contributed by atoms with van der Waals surface area (Å²) in [5, 5.41) is 19.9. The summed E-state index contributed by atoms with van der Waals surface area (Å²) in [5.41, 5.74) is -1.50. The molecule has 20 nitrogen and oxygen atoms in total. The van der Waals surface area contributed by atoms with Gasteiger partial charge in [0.15, 0.2) is 21.1 Å². The van der Waals surface area contributed by atoms with Gasteiger partial charge in [-0.3, -0.25) is 16.0 Å². The number of halogens is 19. The van der Waals surface area contributed by atoms with Crippen LogP contribution in [0.1, 0.15) is 132 Å². The number of amides is 6. The summed E-state index contributed by atoms with van der Waals surface area (Å²) in [5.74, 6) is -5.00. The number of ether oxygens (including phenoxy) is 7. The molecular formula is C96H86F19N9O11S3. The average molecular weight is 2000 g/mol. The molecule has 10 aromatic carbocycles. The third kappa shape index (κ3) is 30.7. The van der Waals surface area contributed by atoms with E-state index in [0.717, 1.165) is 101 Å². The number of hydrogen-bond acceptors (Lipinski definition) is 17. The Bertz CT molecular complexity index is 6090. The van der Waals surface area contributed by atoms with Crippen molar-refractivity contribution < 1.29 is 136 Å². The van der Waals surface area contributed by atoms with Crippen LogP contribution in [0.5, 0.6) is 34.5 Å². The fraction of sp³-hybridized carbons (Fsp3) is 0.240. The molecule has 0 aliphatic rings. The van der Waals surface area contributed by atoms with Crippen LogP contribution in [0.15, 0.2) is 266 Å². The van der Waals surface area contributed by atoms with Gasteiger partial charge in [0.25, 0.3) is 0 Å². The number of nitrogens with zero attached hydrogens (tertiary/aromatic N) is 3. The Morgan fingerprint density at radius 1 is 0.362 bits per heavy atom. The molecule has 0 spiro atoms. The molecule has 13 rings (SSSR count). The van der Waals surface area contributed by atoms with Crippen LogP contribution in [0.4, 0.5) is 113 Å². The Hall–Kier alpha value is -14.2. The zero-order chi connectivity index (χ0) is 99.0. The average Bonchev–Trinajstić information content (AvgIpc) is 1.13. The third-order valence-corrected chi connectivity index (χ3v) is 22.5. The first-order valence-electron chi connectivity index (χ1n) is 40.1. The topological polar surface area (TPSA) is 244 Å². The van der Waals surface area contributed by atoms with E-state index in [1.807, 2.05) is 20.8 Å². The molecule has 6 amide bonds. The lowest BCUT2D eigenvalue weighted by Gasteiger charge is -2.37. The number of aryl methyl sites for hydroxylation is 1. The second-order valence-corrected chi connectivity index (χ2v) is 33.8. The smallest absolute Gasteiger partial charge is 0.464 e. The Balaban J connectivity index is 0.000000230. The minimum atomic E-state index is -5.05. The van der Waals surface area contributed by atoms with Gasteiger partial charge in [-0.2, -0.15) is 0 Å². The van der Waals surface area contributed by atoms with Crippen LogP contribution in [0.2, 0.25) is 0 Å². The highest BCUT2D eigenvalue weighted by molar-refractivity contribution is 7.16. The summed E-state index contributed by atoms with van der Waals surface area (Å²) in [6, 6.07) is 56.3. The van der Waals surface area contributed by atoms with E-state index in [0.29, 0.717) is 38.4 Å². The van der Waals surface area contributed by atoms with E-state index in [1.165, 1.54) is 97.3 Å². The minimum Gasteiger partial charge on any atom is -0.464 e. The molecule has 13 aromatic rings. The standard InChI is InChI=1S/C33H24F7N3O3S.C31H27F6N3O5S.C30H27F6N3O3S.2CH4/c1-20-13-14-22(15-27(20)34)28-19-47-30(41-28)42-29(44)43-31(18-21-7-3-2-4-8-21,23-9-5-11-25(16-23)45-32(35,36)37)24-10-6-12-26(17-24)46-33(38,39)40;1-18(2)25-24(26(41)43-3)38-28(46-25)39-27(42)40-29(17-19-9-5-4-6-10-19,20-11-7-13-22(15-20)44-30(32,33)34)21-12-8-14-23(16-21)45-31(35,36)37;1-27(2,3)24-18-43-26(37-24)38-25(40)39-28(17-19-9-5-4-6-10-19,20-11-7-13-22(15-20)41-29(31,32)33)21-12-8-14-23(16-21)42-30(34,35)36;;/h2-17,19H,18H2,1H3,(H2,41,42,43,44);4-16,18H,17H2,1-3H3,(H2,38,39,40,42);4-16,18H,17H2,1-3H3,(H2,37,38,39,40);2*1H4. The van der Waals surface area contributed by atoms with Gasteiger partial charge in [-0.05, 0) is 147 Å². The number of esters is 1. The van der Waals surface area contributed by atoms with Crippen LogP contribution in [0.3, 0.4) is 0 Å². The van der Waals surface area contributed by atoms with E-state index in [1.54, 1.807) is 135 Å². The van der Waals surface area contributed by atoms with Gasteiger partial charge in [0.2, 0.25) is 0 Å². The number of nitrogens with one attached hydrogen (secondary N) is 6. The summed E-state index contributed by atoms with van der Waals surface area (Å²) in [6.07, 6.45) is -30.6. The fourth-order valence-electron chi connectivity index (χ4n) is 14.0. The zero-order valence-corrected chi connectivity index (χ0v) is 74.3. The number of carbonyl (C=O) groups excluding carboxylic acids is 4. The number of urea groups is 3. The number of carbonyl (C=O) groups is 4. The molecule has 0 aliphatic heterocycles. The Morgan fingerprint density at radius 3 is 0.920 bits per heavy atom. The van der Waals surface area contributed by atoms with Gasteiger partial charge in [0.1, 0.15) is 40.3 Å². The maximum absolute atomic E-state index is 14.2. The van der Waals surface area contributed by atoms with Crippen molar-refractivity contribution in [3.05, 3.63) is 343 Å². The molecule has 0 radical (unpaired) electrons. The van der Waals surface area contributed by atoms with E-state index >= 15 is 0 Å². The quantitative estimate of drug-likeness (QED) is 0.0207. The molecule has 3 aromatic heterocycles. The summed E-state index contributed by atoms with van der Waals surface area (Å²) >= 11 is 3.20. The van der Waals surface area contributed by atoms with Gasteiger partial charge in [0.05, 0.1) is 35.1 Å². The highest BCUT2D eigenvalue weighted by Crippen LogP contribution is 2.45. The molecule has 42 heteroatoms. The molecule has 0 saturated heterocycles. The second-order valence-electron chi connectivity index (χ2n) is 31.1. The van der Waals surface area contributed by atoms with Crippen LogP contribution < -0.4 is 60.3 Å². The number of benzene rings is 10. The zero-order valence-electron chi connectivity index (χ0n) is 71.8. The first kappa shape index (κ1) is 108. The van der Waals surface area contributed by atoms with Crippen molar-refractivity contribution in [1.29, 1.82) is 0 Å². The van der Waals surface area contributed by atoms with E-state index < -0.39 is 119 Å². The predicted octanol–water partition coefficient (Wildman–Crippen LogP) is 27.3. The number of alkyl halides is 18. The predicted molar refractivity (Wildman–Crippen MR) is 482 cm³/mol. The molecule has 732 valence electrons. The number of anilines is 3. The van der Waals surface area contributed by atoms with Gasteiger partial charge in [-0.15, -0.1) is 113 Å². The molecule has 138 heavy (non-hydrogen) atoms. The lowest BCUT2D eigenvalue weighted by Crippen LogP contribution is -2.50. The number of hydrogen-bond donors (Lipinski definition) is 6. The van der Waals surface area contributed by atoms with Gasteiger partial charge >= 0.3 is 62.2 Å². The molecule has 0 aliphatic carbocycles. The van der Waals surface area contributed by atoms with Crippen molar-refractivity contribution in [3.8, 4) is 45.8 Å². The maximum atomic E-state index is 14.2. The Morgan fingerprint density at radius 2 is 0.652 bits per heavy atom. The van der Waals surface area contributed by atoms with Crippen molar-refractivity contribution in [2.24, 2.45) is 0 Å². The number of rotatable bonds is 27. The Kier molecular flexibility index (Phi) is 34.9. The fourth-order valence-corrected chi connectivity index (χ4v) is 16.6. The summed E-state index contributed by atoms with van der Waals surface area (Å²) < 4.78 is 281. The van der Waals surface area contributed by atoms with Gasteiger partial charge in [0, 0.05) is 45.9 Å². The van der Waals surface area contributed by atoms with Crippen LogP contribution >= 0.6 is 34.0 Å². The summed E-state index contributed by atoms with van der Waals surface area (Å²) in [7, 11) is 1.18. The first-order chi connectivity index (χ1) is 63.8. The monoisotopic (exact) mass is 2000 g/mol. The summed E-state index contributed by atoms with van der Waals surface area (Å²) in [6.45, 7) is 11.1. The van der Waals surface area contributed by atoms with Crippen LogP contribution in [0.25, 0.3) is 11.3 Å². The molecular weight excluding hydrogens is 1910 g/mol. The molecule has 0 bridgehead atoms. The SMILES string of the molecule is C.C.CC(C)(C)c1csc(NC(=O)NC(Cc2ccccc2)(c2cccc(OC(F)(F)F)c2)c2cccc(OC(F)(F)F)c2)n1.COC(=O)c1nc(NC(=O)NC(Cc2ccccc2)(c2cccc(OC(F)(F)F)c2)c2cccc(OC(F)(F)F)c2)sc1C(C)C.Cc1ccc(-c2csc(NC(=O)NC(Cc3ccccc3)(c3cccc(OC(F)(F)F)c3)c3cccc(OC(F)(F)F)c3)n2)cc1F. The molecule has 0 saturated carbocycles. The van der Waals surface area contributed by atoms with E-state index in [-0.39, 0.29) is 99.9 Å². The lowest BCUT2D eigenvalue weighted by molar-refractivity contribution is -0.275. The van der Waals surface area contributed by atoms with E-state index in [2.05, 4.69) is 75.3 Å². The van der Waals surface area contributed by atoms with Crippen LogP contribution in [-0.2, 0) is 46.0 Å². The largest absolute Gasteiger partial charge is 0.573 e. The van der Waals surface area contributed by atoms with E-state index in [4.69, 9.17) is 4.74 Å². The molecule has 0 unspecified atom stereocenters. The normalized spacial score (nSPS) is 12.0. The highest BCUT2D eigenvalue weighted by atomic mass is 32.1. The van der Waals surface area contributed by atoms with Crippen LogP contribution in [0, 0.1) is 12.7 Å². The van der Waals surface area contributed by atoms with Crippen molar-refractivity contribution in [2.75, 3.05) is 23.1 Å². The molecule has 3 heterocycles. The summed E-state index contributed by atoms with van der Waals surface area (Å²) in [4.78, 5) is 66.8. The van der Waals surface area contributed by atoms with Gasteiger partial charge in [-0.25, -0.2) is 38.5 Å². The van der Waals surface area contributed by atoms with Crippen molar-refractivity contribution >= 4 is 73.5 Å². The van der Waals surface area contributed by atoms with Gasteiger partial charge < -0.3 is 49.1 Å². The van der Waals surface area contributed by atoms with Crippen molar-refractivity contribution in [2.45, 2.75) is 142 Å². The molecule has 0 fully saturated rings. The number of thiazole rings is 3. The lowest BCUT2D eigenvalue weighted by atomic mass is 9.77. The first-order valence-corrected chi connectivity index (χ1v) is 42.7. The highest BCUT2D eigenvalue weighted by Gasteiger charge is 2.45. The Labute approximate surface area is 789 Å². The van der Waals surface area contributed by atoms with E-state index in [9.17, 15) is 103 Å². The third-order valence-electron chi connectivity index (χ3n) is 19.7. The maximum Gasteiger partial charge on any atom is 0.573 e. The van der Waals surface area contributed by atoms with Crippen molar-refractivity contribution in [3.63, 3.8) is 0 Å². The molecule has 0 atom stereocenters. The number of methoxy groups -OCH3 is 1. The minimum absolute atomic E-state index is 0. The number of aromatic nitrogens is 3. The molecule has 6 N–H and O–H groups in total. The second kappa shape index (κ2) is 44.8. The van der Waals surface area contributed by atoms with Gasteiger partial charge in [-0.1, -0.05) is 225 Å².